The molecule has 0 aromatic carbocycles. The molecule has 1 aromatic heterocycles. The van der Waals surface area contributed by atoms with Crippen LogP contribution in [-0.2, 0) is 0 Å². The molecule has 2 rings (SSSR count). The molecule has 2 heterocycles. The van der Waals surface area contributed by atoms with Crippen LogP contribution in [0.2, 0.25) is 0 Å². The Kier molecular flexibility index (Phi) is 4.05. The Morgan fingerprint density at radius 3 is 2.65 bits per heavy atom. The minimum atomic E-state index is 0.426. The minimum absolute atomic E-state index is 0.426. The zero-order chi connectivity index (χ0) is 12.3. The smallest absolute Gasteiger partial charge is 0.203 e. The van der Waals surface area contributed by atoms with Crippen LogP contribution in [0.15, 0.2) is 12.4 Å². The second-order valence-corrected chi connectivity index (χ2v) is 5.31. The van der Waals surface area contributed by atoms with E-state index in [4.69, 9.17) is 0 Å². The summed E-state index contributed by atoms with van der Waals surface area (Å²) in [5.41, 5.74) is 0. The lowest BCUT2D eigenvalue weighted by molar-refractivity contribution is 0.288. The summed E-state index contributed by atoms with van der Waals surface area (Å²) in [4.78, 5) is 6.93. The van der Waals surface area contributed by atoms with E-state index in [2.05, 4.69) is 46.7 Å². The summed E-state index contributed by atoms with van der Waals surface area (Å²) >= 11 is 0. The van der Waals surface area contributed by atoms with Gasteiger partial charge in [0.05, 0.1) is 0 Å². The van der Waals surface area contributed by atoms with Crippen LogP contribution in [0.25, 0.3) is 0 Å². The van der Waals surface area contributed by atoms with Crippen molar-refractivity contribution in [2.75, 3.05) is 25.0 Å². The third-order valence-corrected chi connectivity index (χ3v) is 3.28. The van der Waals surface area contributed by atoms with Gasteiger partial charge in [0.1, 0.15) is 0 Å². The maximum atomic E-state index is 4.39. The van der Waals surface area contributed by atoms with Crippen molar-refractivity contribution < 1.29 is 0 Å². The molecule has 0 radical (unpaired) electrons. The number of hydrogen-bond acceptors (Lipinski definition) is 3. The van der Waals surface area contributed by atoms with Gasteiger partial charge in [-0.2, -0.15) is 0 Å². The van der Waals surface area contributed by atoms with E-state index in [9.17, 15) is 0 Å². The van der Waals surface area contributed by atoms with Crippen molar-refractivity contribution in [2.24, 2.45) is 0 Å². The van der Waals surface area contributed by atoms with Crippen molar-refractivity contribution in [1.82, 2.24) is 14.5 Å². The van der Waals surface area contributed by atoms with E-state index in [1.165, 1.54) is 25.9 Å². The van der Waals surface area contributed by atoms with Gasteiger partial charge in [-0.25, -0.2) is 4.98 Å². The van der Waals surface area contributed by atoms with E-state index < -0.39 is 0 Å². The Morgan fingerprint density at radius 1 is 1.29 bits per heavy atom. The number of likely N-dealkylation sites (tertiary alicyclic amines) is 1. The average molecular weight is 236 g/mol. The topological polar surface area (TPSA) is 33.1 Å². The van der Waals surface area contributed by atoms with Gasteiger partial charge >= 0.3 is 0 Å². The summed E-state index contributed by atoms with van der Waals surface area (Å²) in [6.45, 7) is 10.2. The Morgan fingerprint density at radius 2 is 2.00 bits per heavy atom. The first-order valence-electron chi connectivity index (χ1n) is 6.68. The molecule has 1 atom stereocenters. The van der Waals surface area contributed by atoms with Gasteiger partial charge in [-0.15, -0.1) is 0 Å². The molecule has 4 nitrogen and oxygen atoms in total. The fraction of sp³-hybridized carbons (Fsp3) is 0.769. The highest BCUT2D eigenvalue weighted by Crippen LogP contribution is 2.18. The molecule has 1 aromatic rings. The van der Waals surface area contributed by atoms with Gasteiger partial charge in [0.15, 0.2) is 0 Å². The highest BCUT2D eigenvalue weighted by atomic mass is 15.2. The maximum Gasteiger partial charge on any atom is 0.203 e. The highest BCUT2D eigenvalue weighted by Gasteiger charge is 2.17. The van der Waals surface area contributed by atoms with Crippen LogP contribution in [0, 0.1) is 0 Å². The van der Waals surface area contributed by atoms with Crippen molar-refractivity contribution in [3.8, 4) is 0 Å². The molecule has 1 unspecified atom stereocenters. The molecule has 0 aliphatic carbocycles. The summed E-state index contributed by atoms with van der Waals surface area (Å²) < 4.78 is 2.25. The van der Waals surface area contributed by atoms with Gasteiger partial charge in [0.25, 0.3) is 0 Å². The second-order valence-electron chi connectivity index (χ2n) is 5.31. The molecule has 4 heteroatoms. The molecular weight excluding hydrogens is 212 g/mol. The third kappa shape index (κ3) is 3.22. The fourth-order valence-electron chi connectivity index (χ4n) is 2.47. The SMILES string of the molecule is CC(C)Nc1nccn1C(C)CN1CCCC1. The Bertz CT molecular complexity index is 339. The molecule has 1 aliphatic rings. The van der Waals surface area contributed by atoms with Gasteiger partial charge < -0.3 is 14.8 Å². The van der Waals surface area contributed by atoms with Crippen LogP contribution in [0.4, 0.5) is 5.95 Å². The molecule has 0 spiro atoms. The summed E-state index contributed by atoms with van der Waals surface area (Å²) in [5, 5.41) is 3.39. The van der Waals surface area contributed by atoms with Crippen LogP contribution in [-0.4, -0.2) is 40.1 Å². The number of aromatic nitrogens is 2. The minimum Gasteiger partial charge on any atom is -0.353 e. The van der Waals surface area contributed by atoms with Crippen LogP contribution < -0.4 is 5.32 Å². The van der Waals surface area contributed by atoms with E-state index in [1.807, 2.05) is 6.20 Å². The van der Waals surface area contributed by atoms with E-state index >= 15 is 0 Å². The van der Waals surface area contributed by atoms with Crippen molar-refractivity contribution in [2.45, 2.75) is 45.7 Å². The fourth-order valence-corrected chi connectivity index (χ4v) is 2.47. The summed E-state index contributed by atoms with van der Waals surface area (Å²) in [6.07, 6.45) is 6.66. The quantitative estimate of drug-likeness (QED) is 0.852. The monoisotopic (exact) mass is 236 g/mol. The molecule has 0 amide bonds. The molecule has 1 fully saturated rings. The van der Waals surface area contributed by atoms with E-state index in [0.29, 0.717) is 12.1 Å². The largest absolute Gasteiger partial charge is 0.353 e. The zero-order valence-corrected chi connectivity index (χ0v) is 11.2. The predicted octanol–water partition coefficient (Wildman–Crippen LogP) is 2.36. The van der Waals surface area contributed by atoms with Crippen molar-refractivity contribution in [3.63, 3.8) is 0 Å². The molecule has 0 bridgehead atoms. The molecule has 1 aliphatic heterocycles. The van der Waals surface area contributed by atoms with Gasteiger partial charge in [-0.05, 0) is 46.7 Å². The van der Waals surface area contributed by atoms with Crippen molar-refractivity contribution in [1.29, 1.82) is 0 Å². The molecule has 96 valence electrons. The number of nitrogens with one attached hydrogen (secondary N) is 1. The van der Waals surface area contributed by atoms with Gasteiger partial charge in [-0.1, -0.05) is 0 Å². The third-order valence-electron chi connectivity index (χ3n) is 3.28. The van der Waals surface area contributed by atoms with Crippen LogP contribution in [0.1, 0.15) is 39.7 Å². The number of nitrogens with zero attached hydrogens (tertiary/aromatic N) is 3. The van der Waals surface area contributed by atoms with Gasteiger partial charge in [-0.3, -0.25) is 0 Å². The first kappa shape index (κ1) is 12.4. The van der Waals surface area contributed by atoms with E-state index in [1.54, 1.807) is 0 Å². The first-order chi connectivity index (χ1) is 8.16. The average Bonchev–Trinajstić information content (AvgIpc) is 2.87. The van der Waals surface area contributed by atoms with Crippen molar-refractivity contribution >= 4 is 5.95 Å². The second kappa shape index (κ2) is 5.54. The number of anilines is 1. The highest BCUT2D eigenvalue weighted by molar-refractivity contribution is 5.27. The molecule has 0 saturated carbocycles. The van der Waals surface area contributed by atoms with Crippen LogP contribution in [0.3, 0.4) is 0 Å². The molecule has 1 saturated heterocycles. The van der Waals surface area contributed by atoms with Gasteiger partial charge in [0, 0.05) is 31.0 Å². The number of rotatable bonds is 5. The zero-order valence-electron chi connectivity index (χ0n) is 11.2. The summed E-state index contributed by atoms with van der Waals surface area (Å²) in [5.74, 6) is 0.992. The normalized spacial score (nSPS) is 18.8. The standard InChI is InChI=1S/C13H24N4/c1-11(2)15-13-14-6-9-17(13)12(3)10-16-7-4-5-8-16/h6,9,11-12H,4-5,7-8,10H2,1-3H3,(H,14,15). The Labute approximate surface area is 104 Å². The molecule has 17 heavy (non-hydrogen) atoms. The van der Waals surface area contributed by atoms with E-state index in [-0.39, 0.29) is 0 Å². The van der Waals surface area contributed by atoms with Crippen LogP contribution in [0.5, 0.6) is 0 Å². The van der Waals surface area contributed by atoms with Crippen LogP contribution >= 0.6 is 0 Å². The molecular formula is C13H24N4. The number of imidazole rings is 1. The summed E-state index contributed by atoms with van der Waals surface area (Å²) in [6, 6.07) is 0.909. The first-order valence-corrected chi connectivity index (χ1v) is 6.68. The van der Waals surface area contributed by atoms with Crippen molar-refractivity contribution in [3.05, 3.63) is 12.4 Å². The summed E-state index contributed by atoms with van der Waals surface area (Å²) in [7, 11) is 0. The van der Waals surface area contributed by atoms with E-state index in [0.717, 1.165) is 12.5 Å². The lowest BCUT2D eigenvalue weighted by Gasteiger charge is -2.23. The Hall–Kier alpha value is -1.03. The predicted molar refractivity (Wildman–Crippen MR) is 71.4 cm³/mol. The maximum absolute atomic E-state index is 4.39. The lowest BCUT2D eigenvalue weighted by Crippen LogP contribution is -2.28. The lowest BCUT2D eigenvalue weighted by atomic mass is 10.3. The molecule has 1 N–H and O–H groups in total. The van der Waals surface area contributed by atoms with Gasteiger partial charge in [0.2, 0.25) is 5.95 Å². The Balaban J connectivity index is 1.97. The number of hydrogen-bond donors (Lipinski definition) is 1.